The fourth-order valence-electron chi connectivity index (χ4n) is 3.59. The summed E-state index contributed by atoms with van der Waals surface area (Å²) in [7, 11) is 1.36. The number of esters is 1. The van der Waals surface area contributed by atoms with Gasteiger partial charge in [-0.3, -0.25) is 4.98 Å². The molecule has 0 saturated carbocycles. The summed E-state index contributed by atoms with van der Waals surface area (Å²) in [5.74, 6) is 2.09. The molecule has 2 aromatic carbocycles. The van der Waals surface area contributed by atoms with Gasteiger partial charge in [-0.1, -0.05) is 32.0 Å². The molecule has 3 aromatic rings. The molecule has 0 aliphatic carbocycles. The molecule has 0 atom stereocenters. The van der Waals surface area contributed by atoms with E-state index in [0.29, 0.717) is 41.8 Å². The minimum atomic E-state index is -0.435. The van der Waals surface area contributed by atoms with Crippen LogP contribution in [0.4, 0.5) is 11.4 Å². The van der Waals surface area contributed by atoms with Crippen LogP contribution in [0.1, 0.15) is 49.5 Å². The molecule has 6 heteroatoms. The monoisotopic (exact) mass is 434 g/mol. The summed E-state index contributed by atoms with van der Waals surface area (Å²) in [6.07, 6.45) is 3.18. The Hall–Kier alpha value is -3.54. The number of benzene rings is 2. The van der Waals surface area contributed by atoms with Crippen LogP contribution >= 0.6 is 0 Å². The van der Waals surface area contributed by atoms with E-state index in [2.05, 4.69) is 18.8 Å². The molecule has 32 heavy (non-hydrogen) atoms. The molecule has 0 unspecified atom stereocenters. The molecular weight excluding hydrogens is 404 g/mol. The second-order valence-corrected chi connectivity index (χ2v) is 7.49. The summed E-state index contributed by atoms with van der Waals surface area (Å²) in [6, 6.07) is 15.5. The van der Waals surface area contributed by atoms with Gasteiger partial charge in [-0.25, -0.2) is 4.79 Å². The highest BCUT2D eigenvalue weighted by Crippen LogP contribution is 2.39. The normalized spacial score (nSPS) is 10.7. The van der Waals surface area contributed by atoms with Gasteiger partial charge in [0.15, 0.2) is 5.75 Å². The molecule has 1 aromatic heterocycles. The van der Waals surface area contributed by atoms with Crippen LogP contribution < -0.4 is 14.4 Å². The zero-order valence-corrected chi connectivity index (χ0v) is 19.3. The molecule has 0 N–H and O–H groups in total. The largest absolute Gasteiger partial charge is 0.493 e. The van der Waals surface area contributed by atoms with Gasteiger partial charge < -0.3 is 19.1 Å². The lowest BCUT2D eigenvalue weighted by Gasteiger charge is -2.27. The molecule has 0 spiro atoms. The number of pyridine rings is 1. The van der Waals surface area contributed by atoms with Gasteiger partial charge in [0.05, 0.1) is 25.1 Å². The van der Waals surface area contributed by atoms with Crippen molar-refractivity contribution >= 4 is 17.3 Å². The van der Waals surface area contributed by atoms with E-state index in [1.165, 1.54) is 13.3 Å². The number of methoxy groups -OCH3 is 1. The van der Waals surface area contributed by atoms with Crippen molar-refractivity contribution in [3.63, 3.8) is 0 Å². The molecule has 0 aliphatic rings. The Morgan fingerprint density at radius 3 is 2.50 bits per heavy atom. The first kappa shape index (κ1) is 23.1. The number of aromatic nitrogens is 1. The summed E-state index contributed by atoms with van der Waals surface area (Å²) >= 11 is 0. The predicted octanol–water partition coefficient (Wildman–Crippen LogP) is 6.34. The van der Waals surface area contributed by atoms with Crippen molar-refractivity contribution in [3.05, 3.63) is 72.1 Å². The van der Waals surface area contributed by atoms with E-state index < -0.39 is 5.97 Å². The summed E-state index contributed by atoms with van der Waals surface area (Å²) in [5.41, 5.74) is 3.07. The summed E-state index contributed by atoms with van der Waals surface area (Å²) in [5, 5.41) is 0. The van der Waals surface area contributed by atoms with E-state index in [9.17, 15) is 4.79 Å². The number of nitrogens with zero attached hydrogens (tertiary/aromatic N) is 2. The predicted molar refractivity (Wildman–Crippen MR) is 126 cm³/mol. The fraction of sp³-hybridized carbons (Fsp3) is 0.308. The second-order valence-electron chi connectivity index (χ2n) is 7.49. The lowest BCUT2D eigenvalue weighted by molar-refractivity contribution is 0.0601. The van der Waals surface area contributed by atoms with Crippen LogP contribution in [-0.4, -0.2) is 31.2 Å². The molecule has 0 aliphatic heterocycles. The van der Waals surface area contributed by atoms with Crippen molar-refractivity contribution in [3.8, 4) is 17.2 Å². The lowest BCUT2D eigenvalue weighted by Crippen LogP contribution is -2.20. The zero-order valence-electron chi connectivity index (χ0n) is 19.3. The topological polar surface area (TPSA) is 60.9 Å². The zero-order chi connectivity index (χ0) is 23.1. The van der Waals surface area contributed by atoms with Gasteiger partial charge in [0.25, 0.3) is 0 Å². The van der Waals surface area contributed by atoms with E-state index in [0.717, 1.165) is 17.0 Å². The standard InChI is InChI=1S/C26H30N2O4/c1-6-28(22-14-15-27-17-21(22)26(29)30-5)23-10-8-9-11-24(23)32-19-12-13-20(18(3)4)25(16-19)31-7-2/h8-18H,6-7H2,1-5H3. The minimum Gasteiger partial charge on any atom is -0.493 e. The highest BCUT2D eigenvalue weighted by Gasteiger charge is 2.20. The second kappa shape index (κ2) is 10.7. The Bertz CT molecular complexity index is 1070. The SMILES string of the molecule is CCOc1cc(Oc2ccccc2N(CC)c2ccncc2C(=O)OC)ccc1C(C)C. The van der Waals surface area contributed by atoms with Crippen molar-refractivity contribution in [1.82, 2.24) is 4.98 Å². The molecule has 168 valence electrons. The van der Waals surface area contributed by atoms with Crippen molar-refractivity contribution in [2.45, 2.75) is 33.6 Å². The smallest absolute Gasteiger partial charge is 0.341 e. The molecule has 0 bridgehead atoms. The van der Waals surface area contributed by atoms with Crippen LogP contribution in [0.15, 0.2) is 60.9 Å². The van der Waals surface area contributed by atoms with Crippen molar-refractivity contribution < 1.29 is 19.0 Å². The third-order valence-electron chi connectivity index (χ3n) is 5.10. The molecule has 3 rings (SSSR count). The van der Waals surface area contributed by atoms with Crippen LogP contribution in [0.25, 0.3) is 0 Å². The van der Waals surface area contributed by atoms with Gasteiger partial charge >= 0.3 is 5.97 Å². The first-order valence-electron chi connectivity index (χ1n) is 10.8. The number of rotatable bonds is 9. The van der Waals surface area contributed by atoms with E-state index in [1.54, 1.807) is 12.3 Å². The Morgan fingerprint density at radius 2 is 1.81 bits per heavy atom. The van der Waals surface area contributed by atoms with Crippen LogP contribution in [0.3, 0.4) is 0 Å². The lowest BCUT2D eigenvalue weighted by atomic mass is 10.0. The molecule has 0 fully saturated rings. The third kappa shape index (κ3) is 5.02. The number of hydrogen-bond donors (Lipinski definition) is 0. The van der Waals surface area contributed by atoms with E-state index >= 15 is 0 Å². The van der Waals surface area contributed by atoms with Gasteiger partial charge in [0.1, 0.15) is 17.1 Å². The van der Waals surface area contributed by atoms with Gasteiger partial charge in [-0.2, -0.15) is 0 Å². The molecule has 6 nitrogen and oxygen atoms in total. The molecule has 1 heterocycles. The maximum Gasteiger partial charge on any atom is 0.341 e. The highest BCUT2D eigenvalue weighted by atomic mass is 16.5. The van der Waals surface area contributed by atoms with Crippen molar-refractivity contribution in [2.75, 3.05) is 25.2 Å². The van der Waals surface area contributed by atoms with E-state index in [-0.39, 0.29) is 0 Å². The molecular formula is C26H30N2O4. The maximum atomic E-state index is 12.3. The number of para-hydroxylation sites is 2. The van der Waals surface area contributed by atoms with Gasteiger partial charge in [-0.15, -0.1) is 0 Å². The number of carbonyl (C=O) groups excluding carboxylic acids is 1. The summed E-state index contributed by atoms with van der Waals surface area (Å²) < 4.78 is 17.1. The Kier molecular flexibility index (Phi) is 7.71. The Morgan fingerprint density at radius 1 is 1.03 bits per heavy atom. The molecule has 0 saturated heterocycles. The summed E-state index contributed by atoms with van der Waals surface area (Å²) in [4.78, 5) is 18.4. The van der Waals surface area contributed by atoms with Crippen molar-refractivity contribution in [1.29, 1.82) is 0 Å². The number of anilines is 2. The number of hydrogen-bond acceptors (Lipinski definition) is 6. The minimum absolute atomic E-state index is 0.344. The Labute approximate surface area is 189 Å². The first-order valence-corrected chi connectivity index (χ1v) is 10.8. The van der Waals surface area contributed by atoms with Gasteiger partial charge in [0, 0.05) is 25.0 Å². The van der Waals surface area contributed by atoms with E-state index in [1.807, 2.05) is 61.2 Å². The van der Waals surface area contributed by atoms with Gasteiger partial charge in [0.2, 0.25) is 0 Å². The van der Waals surface area contributed by atoms with Crippen LogP contribution in [0.2, 0.25) is 0 Å². The summed E-state index contributed by atoms with van der Waals surface area (Å²) in [6.45, 7) is 9.47. The van der Waals surface area contributed by atoms with Crippen LogP contribution in [0.5, 0.6) is 17.2 Å². The van der Waals surface area contributed by atoms with E-state index in [4.69, 9.17) is 14.2 Å². The highest BCUT2D eigenvalue weighted by molar-refractivity contribution is 5.96. The van der Waals surface area contributed by atoms with Crippen LogP contribution in [0, 0.1) is 0 Å². The molecule has 0 amide bonds. The van der Waals surface area contributed by atoms with Crippen LogP contribution in [-0.2, 0) is 4.74 Å². The average molecular weight is 435 g/mol. The number of ether oxygens (including phenoxy) is 3. The quantitative estimate of drug-likeness (QED) is 0.366. The first-order chi connectivity index (χ1) is 15.5. The molecule has 0 radical (unpaired) electrons. The van der Waals surface area contributed by atoms with Gasteiger partial charge in [-0.05, 0) is 49.6 Å². The fourth-order valence-corrected chi connectivity index (χ4v) is 3.59. The number of carbonyl (C=O) groups is 1. The third-order valence-corrected chi connectivity index (χ3v) is 5.10. The Balaban J connectivity index is 2.01. The van der Waals surface area contributed by atoms with Crippen molar-refractivity contribution in [2.24, 2.45) is 0 Å². The average Bonchev–Trinajstić information content (AvgIpc) is 2.80. The maximum absolute atomic E-state index is 12.3.